The first kappa shape index (κ1) is 19.6. The van der Waals surface area contributed by atoms with E-state index in [-0.39, 0.29) is 0 Å². The fourth-order valence-electron chi connectivity index (χ4n) is 3.61. The number of hydrogen-bond donors (Lipinski definition) is 0. The smallest absolute Gasteiger partial charge is 0.128 e. The molecule has 1 heterocycles. The molecular weight excluding hydrogens is 280 g/mol. The fraction of sp³-hybridized carbons (Fsp3) is 0.619. The Kier molecular flexibility index (Phi) is 7.18. The maximum atomic E-state index is 2.59. The normalized spacial score (nSPS) is 17.5. The molecule has 1 unspecified atom stereocenters. The van der Waals surface area contributed by atoms with Crippen LogP contribution in [0.3, 0.4) is 0 Å². The van der Waals surface area contributed by atoms with Crippen LogP contribution in [0.4, 0.5) is 0 Å². The predicted molar refractivity (Wildman–Crippen MR) is 102 cm³/mol. The predicted octanol–water partition coefficient (Wildman–Crippen LogP) is 5.94. The van der Waals surface area contributed by atoms with Gasteiger partial charge >= 0.3 is 0 Å². The molecule has 2 rings (SSSR count). The van der Waals surface area contributed by atoms with Crippen LogP contribution in [0.1, 0.15) is 75.9 Å². The average Bonchev–Trinajstić information content (AvgIpc) is 2.71. The van der Waals surface area contributed by atoms with Crippen molar-refractivity contribution in [2.45, 2.75) is 74.4 Å². The number of hydrogen-bond acceptors (Lipinski definition) is 2. The van der Waals surface area contributed by atoms with Crippen molar-refractivity contribution in [2.75, 3.05) is 13.6 Å². The van der Waals surface area contributed by atoms with Gasteiger partial charge in [0.1, 0.15) is 6.17 Å². The summed E-state index contributed by atoms with van der Waals surface area (Å²) in [6.45, 7) is 18.6. The van der Waals surface area contributed by atoms with Crippen molar-refractivity contribution in [3.63, 3.8) is 0 Å². The highest BCUT2D eigenvalue weighted by Gasteiger charge is 2.34. The minimum absolute atomic E-state index is 0.358. The Morgan fingerprint density at radius 3 is 1.91 bits per heavy atom. The summed E-state index contributed by atoms with van der Waals surface area (Å²) < 4.78 is 0. The molecule has 0 radical (unpaired) electrons. The molecule has 1 aliphatic rings. The van der Waals surface area contributed by atoms with Gasteiger partial charge in [-0.2, -0.15) is 0 Å². The molecule has 2 heteroatoms. The summed E-state index contributed by atoms with van der Waals surface area (Å²) in [7, 11) is 2.23. The second-order valence-electron chi connectivity index (χ2n) is 6.51. The first-order valence-corrected chi connectivity index (χ1v) is 9.13. The second kappa shape index (κ2) is 8.42. The standard InChI is InChI=1S/C19H30N2.C2H6/c1-8-9-10-21-17(6)16(5)20(7)19(21)18-14(3)11-13(2)12-15(18)4;1-2/h11-12,19H,8-10H2,1-7H3;1-2H3. The van der Waals surface area contributed by atoms with E-state index in [1.54, 1.807) is 0 Å². The lowest BCUT2D eigenvalue weighted by atomic mass is 9.96. The summed E-state index contributed by atoms with van der Waals surface area (Å²) >= 11 is 0. The minimum atomic E-state index is 0.358. The van der Waals surface area contributed by atoms with Crippen LogP contribution >= 0.6 is 0 Å². The highest BCUT2D eigenvalue weighted by Crippen LogP contribution is 2.40. The first-order valence-electron chi connectivity index (χ1n) is 9.13. The molecule has 0 amide bonds. The van der Waals surface area contributed by atoms with E-state index in [2.05, 4.69) is 70.5 Å². The van der Waals surface area contributed by atoms with Crippen molar-refractivity contribution in [3.8, 4) is 0 Å². The topological polar surface area (TPSA) is 6.48 Å². The molecule has 0 saturated carbocycles. The lowest BCUT2D eigenvalue weighted by Gasteiger charge is -2.35. The van der Waals surface area contributed by atoms with Gasteiger partial charge in [-0.15, -0.1) is 0 Å². The molecule has 0 aromatic heterocycles. The number of nitrogens with zero attached hydrogens (tertiary/aromatic N) is 2. The van der Waals surface area contributed by atoms with Crippen molar-refractivity contribution in [3.05, 3.63) is 45.8 Å². The minimum Gasteiger partial charge on any atom is -0.353 e. The van der Waals surface area contributed by atoms with Gasteiger partial charge in [-0.05, 0) is 52.2 Å². The van der Waals surface area contributed by atoms with E-state index in [0.717, 1.165) is 6.54 Å². The number of unbranched alkanes of at least 4 members (excludes halogenated alkanes) is 1. The van der Waals surface area contributed by atoms with E-state index in [9.17, 15) is 0 Å². The van der Waals surface area contributed by atoms with Gasteiger partial charge in [-0.3, -0.25) is 0 Å². The van der Waals surface area contributed by atoms with Gasteiger partial charge in [0, 0.05) is 30.5 Å². The van der Waals surface area contributed by atoms with Gasteiger partial charge in [-0.1, -0.05) is 44.9 Å². The van der Waals surface area contributed by atoms with Crippen molar-refractivity contribution >= 4 is 0 Å². The maximum Gasteiger partial charge on any atom is 0.128 e. The number of benzene rings is 1. The number of aryl methyl sites for hydroxylation is 3. The molecule has 0 fully saturated rings. The fourth-order valence-corrected chi connectivity index (χ4v) is 3.61. The summed E-state index contributed by atoms with van der Waals surface area (Å²) in [4.78, 5) is 5.03. The van der Waals surface area contributed by atoms with Crippen LogP contribution in [0.25, 0.3) is 0 Å². The van der Waals surface area contributed by atoms with Gasteiger partial charge < -0.3 is 9.80 Å². The molecule has 0 spiro atoms. The Bertz CT molecular complexity index is 534. The number of rotatable bonds is 4. The van der Waals surface area contributed by atoms with Crippen molar-refractivity contribution in [1.29, 1.82) is 0 Å². The maximum absolute atomic E-state index is 2.59. The average molecular weight is 317 g/mol. The van der Waals surface area contributed by atoms with Crippen LogP contribution in [0.15, 0.2) is 23.5 Å². The van der Waals surface area contributed by atoms with Gasteiger partial charge in [-0.25, -0.2) is 0 Å². The van der Waals surface area contributed by atoms with E-state index in [0.29, 0.717) is 6.17 Å². The zero-order valence-corrected chi connectivity index (χ0v) is 16.7. The highest BCUT2D eigenvalue weighted by atomic mass is 15.4. The van der Waals surface area contributed by atoms with Gasteiger partial charge in [0.25, 0.3) is 0 Å². The van der Waals surface area contributed by atoms with Crippen LogP contribution in [-0.2, 0) is 0 Å². The lowest BCUT2D eigenvalue weighted by Crippen LogP contribution is -2.32. The molecule has 0 N–H and O–H groups in total. The summed E-state index contributed by atoms with van der Waals surface area (Å²) in [5.74, 6) is 0. The molecule has 2 nitrogen and oxygen atoms in total. The Hall–Kier alpha value is -1.44. The summed E-state index contributed by atoms with van der Waals surface area (Å²) in [6, 6.07) is 4.63. The Labute approximate surface area is 144 Å². The second-order valence-corrected chi connectivity index (χ2v) is 6.51. The third-order valence-electron chi connectivity index (χ3n) is 4.89. The van der Waals surface area contributed by atoms with Crippen molar-refractivity contribution in [1.82, 2.24) is 9.80 Å². The Morgan fingerprint density at radius 1 is 0.913 bits per heavy atom. The van der Waals surface area contributed by atoms with E-state index in [1.165, 1.54) is 46.5 Å². The Balaban J connectivity index is 0.00000127. The summed E-state index contributed by atoms with van der Waals surface area (Å²) in [5.41, 5.74) is 8.49. The van der Waals surface area contributed by atoms with Crippen LogP contribution in [-0.4, -0.2) is 23.4 Å². The van der Waals surface area contributed by atoms with E-state index in [4.69, 9.17) is 0 Å². The van der Waals surface area contributed by atoms with Gasteiger partial charge in [0.15, 0.2) is 0 Å². The monoisotopic (exact) mass is 316 g/mol. The molecule has 130 valence electrons. The van der Waals surface area contributed by atoms with Gasteiger partial charge in [0.2, 0.25) is 0 Å². The van der Waals surface area contributed by atoms with Crippen LogP contribution in [0.5, 0.6) is 0 Å². The first-order chi connectivity index (χ1) is 10.9. The molecule has 23 heavy (non-hydrogen) atoms. The molecular formula is C21H36N2. The third kappa shape index (κ3) is 3.91. The van der Waals surface area contributed by atoms with Crippen LogP contribution < -0.4 is 0 Å². The molecule has 1 aromatic carbocycles. The SMILES string of the molecule is CC.CCCCN1C(C)=C(C)N(C)C1c1c(C)cc(C)cc1C. The Morgan fingerprint density at radius 2 is 1.43 bits per heavy atom. The quantitative estimate of drug-likeness (QED) is 0.678. The van der Waals surface area contributed by atoms with E-state index in [1.807, 2.05) is 13.8 Å². The zero-order valence-electron chi connectivity index (χ0n) is 16.7. The zero-order chi connectivity index (χ0) is 17.7. The molecule has 1 aromatic rings. The molecule has 0 bridgehead atoms. The van der Waals surface area contributed by atoms with Crippen LogP contribution in [0, 0.1) is 20.8 Å². The third-order valence-corrected chi connectivity index (χ3v) is 4.89. The lowest BCUT2D eigenvalue weighted by molar-refractivity contribution is 0.160. The van der Waals surface area contributed by atoms with Crippen molar-refractivity contribution in [2.24, 2.45) is 0 Å². The number of allylic oxidation sites excluding steroid dienone is 2. The summed E-state index contributed by atoms with van der Waals surface area (Å²) in [5, 5.41) is 0. The van der Waals surface area contributed by atoms with Crippen molar-refractivity contribution < 1.29 is 0 Å². The molecule has 1 aliphatic heterocycles. The van der Waals surface area contributed by atoms with E-state index < -0.39 is 0 Å². The van der Waals surface area contributed by atoms with Crippen LogP contribution in [0.2, 0.25) is 0 Å². The largest absolute Gasteiger partial charge is 0.353 e. The molecule has 1 atom stereocenters. The highest BCUT2D eigenvalue weighted by molar-refractivity contribution is 5.41. The van der Waals surface area contributed by atoms with E-state index >= 15 is 0 Å². The molecule has 0 aliphatic carbocycles. The van der Waals surface area contributed by atoms with Gasteiger partial charge in [0.05, 0.1) is 0 Å². The molecule has 0 saturated heterocycles. The summed E-state index contributed by atoms with van der Waals surface area (Å²) in [6.07, 6.45) is 2.85.